The minimum atomic E-state index is -0.159. The fourth-order valence-corrected chi connectivity index (χ4v) is 3.09. The lowest BCUT2D eigenvalue weighted by molar-refractivity contribution is -0.117. The fourth-order valence-electron chi connectivity index (χ4n) is 2.74. The lowest BCUT2D eigenvalue weighted by atomic mass is 10.2. The normalized spacial score (nSPS) is 15.8. The predicted octanol–water partition coefficient (Wildman–Crippen LogP) is 4.09. The highest BCUT2D eigenvalue weighted by atomic mass is 35.5. The van der Waals surface area contributed by atoms with Crippen molar-refractivity contribution in [3.8, 4) is 11.5 Å². The molecule has 1 heterocycles. The van der Waals surface area contributed by atoms with E-state index >= 15 is 0 Å². The van der Waals surface area contributed by atoms with Crippen LogP contribution >= 0.6 is 23.2 Å². The molecule has 3 rings (SSSR count). The largest absolute Gasteiger partial charge is 0.486 e. The Kier molecular flexibility index (Phi) is 6.25. The van der Waals surface area contributed by atoms with Crippen LogP contribution in [0.3, 0.4) is 0 Å². The van der Waals surface area contributed by atoms with Crippen molar-refractivity contribution < 1.29 is 14.3 Å². The van der Waals surface area contributed by atoms with Crippen molar-refractivity contribution in [1.82, 2.24) is 4.90 Å². The van der Waals surface area contributed by atoms with Crippen LogP contribution < -0.4 is 14.8 Å². The molecule has 0 saturated heterocycles. The van der Waals surface area contributed by atoms with Crippen LogP contribution in [0.4, 0.5) is 5.69 Å². The third-order valence-electron chi connectivity index (χ3n) is 4.07. The van der Waals surface area contributed by atoms with Gasteiger partial charge in [0, 0.05) is 6.54 Å². The van der Waals surface area contributed by atoms with Gasteiger partial charge in [-0.3, -0.25) is 9.69 Å². The third-order valence-corrected chi connectivity index (χ3v) is 4.89. The Bertz CT molecular complexity index is 785. The van der Waals surface area contributed by atoms with Gasteiger partial charge in [-0.25, -0.2) is 0 Å². The van der Waals surface area contributed by atoms with Gasteiger partial charge in [0.25, 0.3) is 0 Å². The van der Waals surface area contributed by atoms with Crippen LogP contribution in [0.2, 0.25) is 10.0 Å². The molecule has 0 aliphatic carbocycles. The van der Waals surface area contributed by atoms with Gasteiger partial charge in [0.15, 0.2) is 11.5 Å². The first-order valence-electron chi connectivity index (χ1n) is 8.41. The minimum Gasteiger partial charge on any atom is -0.486 e. The zero-order chi connectivity index (χ0) is 18.5. The lowest BCUT2D eigenvalue weighted by Crippen LogP contribution is -2.43. The number of para-hydroxylation sites is 2. The van der Waals surface area contributed by atoms with E-state index in [0.717, 1.165) is 11.5 Å². The zero-order valence-electron chi connectivity index (χ0n) is 14.4. The summed E-state index contributed by atoms with van der Waals surface area (Å²) in [6.07, 6.45) is -0.132. The molecule has 1 aliphatic heterocycles. The van der Waals surface area contributed by atoms with Crippen molar-refractivity contribution in [2.75, 3.05) is 31.6 Å². The van der Waals surface area contributed by atoms with E-state index in [4.69, 9.17) is 32.7 Å². The first kappa shape index (κ1) is 18.8. The molecule has 0 fully saturated rings. The van der Waals surface area contributed by atoms with Gasteiger partial charge in [0.1, 0.15) is 12.7 Å². The highest BCUT2D eigenvalue weighted by Crippen LogP contribution is 2.31. The van der Waals surface area contributed by atoms with Crippen LogP contribution in [0.1, 0.15) is 6.92 Å². The Morgan fingerprint density at radius 2 is 1.96 bits per heavy atom. The Balaban J connectivity index is 1.56. The Hall–Kier alpha value is -1.95. The quantitative estimate of drug-likeness (QED) is 0.801. The second-order valence-corrected chi connectivity index (χ2v) is 6.76. The molecule has 5 nitrogen and oxygen atoms in total. The number of ether oxygens (including phenoxy) is 2. The van der Waals surface area contributed by atoms with Crippen LogP contribution in [0, 0.1) is 0 Å². The van der Waals surface area contributed by atoms with E-state index < -0.39 is 0 Å². The second kappa shape index (κ2) is 8.62. The van der Waals surface area contributed by atoms with Gasteiger partial charge in [0.05, 0.1) is 22.3 Å². The molecule has 1 N–H and O–H groups in total. The molecule has 2 aromatic carbocycles. The Labute approximate surface area is 162 Å². The molecule has 26 heavy (non-hydrogen) atoms. The predicted molar refractivity (Wildman–Crippen MR) is 104 cm³/mol. The molecule has 0 bridgehead atoms. The number of hydrogen-bond acceptors (Lipinski definition) is 4. The monoisotopic (exact) mass is 394 g/mol. The second-order valence-electron chi connectivity index (χ2n) is 5.97. The van der Waals surface area contributed by atoms with Gasteiger partial charge >= 0.3 is 0 Å². The maximum atomic E-state index is 12.4. The molecule has 1 aliphatic rings. The van der Waals surface area contributed by atoms with Gasteiger partial charge in [-0.05, 0) is 30.8 Å². The highest BCUT2D eigenvalue weighted by Gasteiger charge is 2.23. The van der Waals surface area contributed by atoms with Gasteiger partial charge in [-0.15, -0.1) is 0 Å². The number of nitrogens with zero attached hydrogens (tertiary/aromatic N) is 1. The van der Waals surface area contributed by atoms with Crippen molar-refractivity contribution in [1.29, 1.82) is 0 Å². The van der Waals surface area contributed by atoms with Crippen LogP contribution in [0.25, 0.3) is 0 Å². The SMILES string of the molecule is CCN(CC(=O)Nc1cccc(Cl)c1Cl)CC1COc2ccccc2O1. The summed E-state index contributed by atoms with van der Waals surface area (Å²) in [4.78, 5) is 14.4. The van der Waals surface area contributed by atoms with Crippen LogP contribution in [0.15, 0.2) is 42.5 Å². The van der Waals surface area contributed by atoms with E-state index in [-0.39, 0.29) is 18.6 Å². The van der Waals surface area contributed by atoms with Crippen LogP contribution in [-0.2, 0) is 4.79 Å². The van der Waals surface area contributed by atoms with Crippen molar-refractivity contribution in [2.45, 2.75) is 13.0 Å². The number of carbonyl (C=O) groups is 1. The van der Waals surface area contributed by atoms with Crippen molar-refractivity contribution in [2.24, 2.45) is 0 Å². The number of benzene rings is 2. The van der Waals surface area contributed by atoms with Crippen molar-refractivity contribution >= 4 is 34.8 Å². The zero-order valence-corrected chi connectivity index (χ0v) is 15.9. The topological polar surface area (TPSA) is 50.8 Å². The molecule has 0 radical (unpaired) electrons. The first-order valence-corrected chi connectivity index (χ1v) is 9.17. The molecule has 0 saturated carbocycles. The number of likely N-dealkylation sites (N-methyl/N-ethyl adjacent to an activating group) is 1. The average Bonchev–Trinajstić information content (AvgIpc) is 2.65. The molecule has 0 aromatic heterocycles. The summed E-state index contributed by atoms with van der Waals surface area (Å²) in [6, 6.07) is 12.7. The number of amides is 1. The van der Waals surface area contributed by atoms with E-state index in [2.05, 4.69) is 5.32 Å². The maximum Gasteiger partial charge on any atom is 0.238 e. The number of hydrogen-bond donors (Lipinski definition) is 1. The summed E-state index contributed by atoms with van der Waals surface area (Å²) in [7, 11) is 0. The Morgan fingerprint density at radius 1 is 1.19 bits per heavy atom. The fraction of sp³-hybridized carbons (Fsp3) is 0.316. The summed E-state index contributed by atoms with van der Waals surface area (Å²) in [6.45, 7) is 3.97. The first-order chi connectivity index (χ1) is 12.6. The van der Waals surface area contributed by atoms with Gasteiger partial charge < -0.3 is 14.8 Å². The average molecular weight is 395 g/mol. The van der Waals surface area contributed by atoms with Crippen molar-refractivity contribution in [3.63, 3.8) is 0 Å². The third kappa shape index (κ3) is 4.61. The number of nitrogens with one attached hydrogen (secondary N) is 1. The molecule has 1 unspecified atom stereocenters. The highest BCUT2D eigenvalue weighted by molar-refractivity contribution is 6.43. The van der Waals surface area contributed by atoms with Gasteiger partial charge in [-0.2, -0.15) is 0 Å². The molecule has 0 spiro atoms. The number of fused-ring (bicyclic) bond motifs is 1. The number of rotatable bonds is 6. The molecular formula is C19H20Cl2N2O3. The molecule has 7 heteroatoms. The van der Waals surface area contributed by atoms with Crippen LogP contribution in [-0.4, -0.2) is 43.2 Å². The number of halogens is 2. The molecule has 2 aromatic rings. The Morgan fingerprint density at radius 3 is 2.73 bits per heavy atom. The molecule has 138 valence electrons. The lowest BCUT2D eigenvalue weighted by Gasteiger charge is -2.30. The molecule has 1 atom stereocenters. The number of carbonyl (C=O) groups excluding carboxylic acids is 1. The van der Waals surface area contributed by atoms with Gasteiger partial charge in [-0.1, -0.05) is 48.3 Å². The summed E-state index contributed by atoms with van der Waals surface area (Å²) < 4.78 is 11.7. The maximum absolute atomic E-state index is 12.4. The van der Waals surface area contributed by atoms with E-state index in [1.165, 1.54) is 0 Å². The van der Waals surface area contributed by atoms with E-state index in [9.17, 15) is 4.79 Å². The number of anilines is 1. The summed E-state index contributed by atoms with van der Waals surface area (Å²) in [5, 5.41) is 3.54. The summed E-state index contributed by atoms with van der Waals surface area (Å²) >= 11 is 12.1. The standard InChI is InChI=1S/C19H20Cl2N2O3/c1-2-23(10-13-12-25-16-8-3-4-9-17(16)26-13)11-18(24)22-15-7-5-6-14(20)19(15)21/h3-9,13H,2,10-12H2,1H3,(H,22,24). The molecule has 1 amide bonds. The van der Waals surface area contributed by atoms with E-state index in [0.29, 0.717) is 35.4 Å². The summed E-state index contributed by atoms with van der Waals surface area (Å²) in [5.74, 6) is 1.32. The van der Waals surface area contributed by atoms with E-state index in [1.807, 2.05) is 36.1 Å². The van der Waals surface area contributed by atoms with E-state index in [1.54, 1.807) is 18.2 Å². The molecular weight excluding hydrogens is 375 g/mol. The minimum absolute atomic E-state index is 0.132. The summed E-state index contributed by atoms with van der Waals surface area (Å²) in [5.41, 5.74) is 0.506. The smallest absolute Gasteiger partial charge is 0.238 e. The van der Waals surface area contributed by atoms with Gasteiger partial charge in [0.2, 0.25) is 5.91 Å². The van der Waals surface area contributed by atoms with Crippen LogP contribution in [0.5, 0.6) is 11.5 Å². The van der Waals surface area contributed by atoms with Crippen molar-refractivity contribution in [3.05, 3.63) is 52.5 Å².